The number of amides is 1. The molecule has 4 rings (SSSR count). The normalized spacial score (nSPS) is 11.7. The number of halogens is 1. The summed E-state index contributed by atoms with van der Waals surface area (Å²) in [7, 11) is 0. The predicted molar refractivity (Wildman–Crippen MR) is 128 cm³/mol. The molecule has 0 saturated carbocycles. The summed E-state index contributed by atoms with van der Waals surface area (Å²) in [6.07, 6.45) is 4.99. The second-order valence-electron chi connectivity index (χ2n) is 7.17. The Morgan fingerprint density at radius 1 is 1.36 bits per heavy atom. The molecular formula is C22H21ClN8OS. The third kappa shape index (κ3) is 5.60. The number of carbonyl (C=O) groups is 1. The molecule has 3 heterocycles. The monoisotopic (exact) mass is 480 g/mol. The molecule has 0 aliphatic rings. The molecule has 1 N–H and O–H groups in total. The topological polar surface area (TPSA) is 102 Å². The zero-order chi connectivity index (χ0) is 23.2. The fraction of sp³-hybridized carbons (Fsp3) is 0.182. The Labute approximate surface area is 199 Å². The molecule has 1 amide bonds. The van der Waals surface area contributed by atoms with Gasteiger partial charge in [0.25, 0.3) is 0 Å². The van der Waals surface area contributed by atoms with Crippen LogP contribution in [0.25, 0.3) is 5.69 Å². The first kappa shape index (κ1) is 22.6. The van der Waals surface area contributed by atoms with Crippen molar-refractivity contribution in [3.05, 3.63) is 83.2 Å². The second-order valence-corrected chi connectivity index (χ2v) is 8.46. The van der Waals surface area contributed by atoms with E-state index in [2.05, 4.69) is 37.4 Å². The van der Waals surface area contributed by atoms with Gasteiger partial charge < -0.3 is 10.2 Å². The van der Waals surface area contributed by atoms with E-state index in [1.807, 2.05) is 36.6 Å². The average Bonchev–Trinajstić information content (AvgIpc) is 3.51. The number of nitrogens with zero attached hydrogens (tertiary/aromatic N) is 7. The van der Waals surface area contributed by atoms with Gasteiger partial charge in [0, 0.05) is 18.1 Å². The maximum absolute atomic E-state index is 13.2. The number of thiazole rings is 1. The lowest BCUT2D eigenvalue weighted by Crippen LogP contribution is -2.35. The van der Waals surface area contributed by atoms with E-state index in [1.165, 1.54) is 17.7 Å². The molecule has 1 unspecified atom stereocenters. The first-order valence-electron chi connectivity index (χ1n) is 10.1. The fourth-order valence-electron chi connectivity index (χ4n) is 3.26. The lowest BCUT2D eigenvalue weighted by Gasteiger charge is -2.28. The third-order valence-corrected chi connectivity index (χ3v) is 5.96. The molecule has 0 radical (unpaired) electrons. The van der Waals surface area contributed by atoms with Crippen molar-refractivity contribution in [2.24, 2.45) is 0 Å². The second kappa shape index (κ2) is 10.3. The number of aromatic nitrogens is 6. The van der Waals surface area contributed by atoms with Crippen molar-refractivity contribution in [1.29, 1.82) is 0 Å². The number of nitrogens with one attached hydrogen (secondary N) is 1. The van der Waals surface area contributed by atoms with E-state index in [9.17, 15) is 4.79 Å². The summed E-state index contributed by atoms with van der Waals surface area (Å²) >= 11 is 7.29. The molecule has 11 heteroatoms. The highest BCUT2D eigenvalue weighted by molar-refractivity contribution is 7.13. The molecule has 0 aliphatic heterocycles. The molecule has 1 atom stereocenters. The van der Waals surface area contributed by atoms with Crippen molar-refractivity contribution in [2.75, 3.05) is 11.9 Å². The summed E-state index contributed by atoms with van der Waals surface area (Å²) in [5.41, 5.74) is 2.47. The van der Waals surface area contributed by atoms with Crippen LogP contribution in [0.5, 0.6) is 0 Å². The van der Waals surface area contributed by atoms with E-state index in [4.69, 9.17) is 11.6 Å². The van der Waals surface area contributed by atoms with Gasteiger partial charge in [-0.2, -0.15) is 0 Å². The smallest absolute Gasteiger partial charge is 0.229 e. The summed E-state index contributed by atoms with van der Waals surface area (Å²) in [6, 6.07) is 11.1. The maximum Gasteiger partial charge on any atom is 0.229 e. The molecule has 9 nitrogen and oxygen atoms in total. The van der Waals surface area contributed by atoms with Gasteiger partial charge in [-0.1, -0.05) is 29.8 Å². The Kier molecular flexibility index (Phi) is 7.06. The number of tetrazole rings is 1. The van der Waals surface area contributed by atoms with Crippen LogP contribution in [0.2, 0.25) is 5.02 Å². The Morgan fingerprint density at radius 3 is 2.97 bits per heavy atom. The predicted octanol–water partition coefficient (Wildman–Crippen LogP) is 4.23. The molecular weight excluding hydrogens is 460 g/mol. The van der Waals surface area contributed by atoms with Gasteiger partial charge in [-0.25, -0.2) is 14.6 Å². The van der Waals surface area contributed by atoms with E-state index in [0.29, 0.717) is 28.2 Å². The minimum Gasteiger partial charge on any atom is -0.332 e. The Morgan fingerprint density at radius 2 is 2.24 bits per heavy atom. The summed E-state index contributed by atoms with van der Waals surface area (Å²) in [4.78, 5) is 23.7. The highest BCUT2D eigenvalue weighted by Crippen LogP contribution is 2.25. The molecule has 33 heavy (non-hydrogen) atoms. The van der Waals surface area contributed by atoms with Crippen LogP contribution in [0, 0.1) is 0 Å². The Bertz CT molecular complexity index is 1230. The van der Waals surface area contributed by atoms with Gasteiger partial charge in [0.2, 0.25) is 5.91 Å². The number of carbonyl (C=O) groups excluding carboxylic acids is 1. The van der Waals surface area contributed by atoms with Crippen molar-refractivity contribution in [2.45, 2.75) is 19.4 Å². The summed E-state index contributed by atoms with van der Waals surface area (Å²) in [5.74, 6) is 0.590. The van der Waals surface area contributed by atoms with Crippen LogP contribution in [0.4, 0.5) is 10.9 Å². The first-order chi connectivity index (χ1) is 16.0. The zero-order valence-electron chi connectivity index (χ0n) is 17.8. The van der Waals surface area contributed by atoms with Gasteiger partial charge >= 0.3 is 0 Å². The molecule has 0 spiro atoms. The highest BCUT2D eigenvalue weighted by Gasteiger charge is 2.22. The van der Waals surface area contributed by atoms with Crippen molar-refractivity contribution >= 4 is 39.8 Å². The number of pyridine rings is 1. The van der Waals surface area contributed by atoms with Crippen LogP contribution >= 0.6 is 22.9 Å². The zero-order valence-corrected chi connectivity index (χ0v) is 19.4. The van der Waals surface area contributed by atoms with E-state index in [1.54, 1.807) is 34.0 Å². The molecule has 4 aromatic rings. The molecule has 0 bridgehead atoms. The molecule has 168 valence electrons. The van der Waals surface area contributed by atoms with Crippen LogP contribution in [0.1, 0.15) is 24.2 Å². The number of benzene rings is 1. The van der Waals surface area contributed by atoms with Crippen LogP contribution in [0.15, 0.2) is 67.0 Å². The molecule has 0 aliphatic carbocycles. The number of hydrogen-bond acceptors (Lipinski definition) is 8. The first-order valence-corrected chi connectivity index (χ1v) is 11.4. The molecule has 3 aromatic heterocycles. The van der Waals surface area contributed by atoms with Crippen molar-refractivity contribution < 1.29 is 4.79 Å². The molecule has 0 saturated heterocycles. The van der Waals surface area contributed by atoms with E-state index >= 15 is 0 Å². The van der Waals surface area contributed by atoms with Gasteiger partial charge in [-0.05, 0) is 47.2 Å². The van der Waals surface area contributed by atoms with Crippen LogP contribution in [-0.4, -0.2) is 47.5 Å². The van der Waals surface area contributed by atoms with E-state index in [0.717, 1.165) is 11.3 Å². The van der Waals surface area contributed by atoms with Crippen LogP contribution in [0.3, 0.4) is 0 Å². The quantitative estimate of drug-likeness (QED) is 0.357. The van der Waals surface area contributed by atoms with Gasteiger partial charge in [-0.15, -0.1) is 23.0 Å². The van der Waals surface area contributed by atoms with Gasteiger partial charge in [0.15, 0.2) is 5.13 Å². The maximum atomic E-state index is 13.2. The fourth-order valence-corrected chi connectivity index (χ4v) is 4.09. The largest absolute Gasteiger partial charge is 0.332 e. The summed E-state index contributed by atoms with van der Waals surface area (Å²) < 4.78 is 1.58. The SMILES string of the molecule is C=CCN(C(=O)Cc1csc(Nc2ccc(Cl)cn2)n1)C(C)c1cccc(-n2cnnn2)c1. The van der Waals surface area contributed by atoms with Crippen molar-refractivity contribution in [3.63, 3.8) is 0 Å². The van der Waals surface area contributed by atoms with E-state index in [-0.39, 0.29) is 18.4 Å². The highest BCUT2D eigenvalue weighted by atomic mass is 35.5. The van der Waals surface area contributed by atoms with Gasteiger partial charge in [-0.3, -0.25) is 4.79 Å². The van der Waals surface area contributed by atoms with E-state index < -0.39 is 0 Å². The van der Waals surface area contributed by atoms with Crippen molar-refractivity contribution in [1.82, 2.24) is 35.1 Å². The molecule has 1 aromatic carbocycles. The third-order valence-electron chi connectivity index (χ3n) is 4.93. The lowest BCUT2D eigenvalue weighted by molar-refractivity contribution is -0.132. The minimum absolute atomic E-state index is 0.0447. The summed E-state index contributed by atoms with van der Waals surface area (Å²) in [6.45, 7) is 6.22. The van der Waals surface area contributed by atoms with Gasteiger partial charge in [0.05, 0.1) is 28.9 Å². The minimum atomic E-state index is -0.179. The average molecular weight is 481 g/mol. The van der Waals surface area contributed by atoms with Crippen molar-refractivity contribution in [3.8, 4) is 5.69 Å². The number of hydrogen-bond donors (Lipinski definition) is 1. The number of anilines is 2. The summed E-state index contributed by atoms with van der Waals surface area (Å²) in [5, 5.41) is 17.5. The molecule has 0 fully saturated rings. The van der Waals surface area contributed by atoms with Gasteiger partial charge in [0.1, 0.15) is 12.1 Å². The lowest BCUT2D eigenvalue weighted by atomic mass is 10.1. The number of rotatable bonds is 9. The Hall–Kier alpha value is -3.63. The van der Waals surface area contributed by atoms with Crippen LogP contribution in [-0.2, 0) is 11.2 Å². The Balaban J connectivity index is 1.46. The standard InChI is InChI=1S/C22H21ClN8OS/c1-3-9-30(15(2)16-5-4-6-19(10-16)31-14-25-28-29-31)21(32)11-18-13-33-22(26-18)27-20-8-7-17(23)12-24-20/h3-8,10,12-15H,1,9,11H2,2H3,(H,24,26,27). The van der Waals surface area contributed by atoms with Crippen LogP contribution < -0.4 is 5.32 Å².